The molecular formula is C59H41N. The van der Waals surface area contributed by atoms with Crippen LogP contribution in [0.15, 0.2) is 249 Å². The summed E-state index contributed by atoms with van der Waals surface area (Å²) in [6.07, 6.45) is 0. The molecule has 0 bridgehead atoms. The Labute approximate surface area is 352 Å². The first kappa shape index (κ1) is 35.4. The minimum Gasteiger partial charge on any atom is -0.310 e. The Morgan fingerprint density at radius 1 is 0.267 bits per heavy atom. The molecule has 0 saturated carbocycles. The molecule has 1 heteroatoms. The summed E-state index contributed by atoms with van der Waals surface area (Å²) in [5, 5.41) is 2.50. The van der Waals surface area contributed by atoms with Crippen molar-refractivity contribution in [1.29, 1.82) is 0 Å². The molecular weight excluding hydrogens is 723 g/mol. The monoisotopic (exact) mass is 763 g/mol. The van der Waals surface area contributed by atoms with Gasteiger partial charge in [0.1, 0.15) is 0 Å². The smallest absolute Gasteiger partial charge is 0.0714 e. The fourth-order valence-corrected chi connectivity index (χ4v) is 9.74. The molecule has 10 aromatic rings. The number of nitrogens with zero attached hydrogens (tertiary/aromatic N) is 1. The van der Waals surface area contributed by atoms with E-state index in [9.17, 15) is 0 Å². The van der Waals surface area contributed by atoms with Crippen molar-refractivity contribution in [3.8, 4) is 44.5 Å². The summed E-state index contributed by atoms with van der Waals surface area (Å²) in [6, 6.07) is 90.9. The van der Waals surface area contributed by atoms with Crippen LogP contribution in [0.1, 0.15) is 22.3 Å². The molecule has 0 aliphatic heterocycles. The summed E-state index contributed by atoms with van der Waals surface area (Å²) in [4.78, 5) is 2.46. The van der Waals surface area contributed by atoms with Crippen molar-refractivity contribution in [3.63, 3.8) is 0 Å². The highest BCUT2D eigenvalue weighted by molar-refractivity contribution is 6.05. The van der Waals surface area contributed by atoms with Gasteiger partial charge in [-0.1, -0.05) is 218 Å². The van der Waals surface area contributed by atoms with Crippen LogP contribution >= 0.6 is 0 Å². The number of benzene rings is 10. The van der Waals surface area contributed by atoms with E-state index in [1.807, 2.05) is 0 Å². The van der Waals surface area contributed by atoms with E-state index in [0.29, 0.717) is 0 Å². The van der Waals surface area contributed by atoms with Crippen molar-refractivity contribution in [2.45, 2.75) is 5.41 Å². The van der Waals surface area contributed by atoms with Crippen molar-refractivity contribution >= 4 is 27.8 Å². The normalized spacial score (nSPS) is 12.5. The highest BCUT2D eigenvalue weighted by Gasteiger charge is 2.47. The second-order valence-electron chi connectivity index (χ2n) is 15.6. The van der Waals surface area contributed by atoms with Crippen LogP contribution in [0.2, 0.25) is 0 Å². The Bertz CT molecular complexity index is 3060. The molecule has 1 aliphatic carbocycles. The highest BCUT2D eigenvalue weighted by Crippen LogP contribution is 2.59. The predicted molar refractivity (Wildman–Crippen MR) is 252 cm³/mol. The summed E-state index contributed by atoms with van der Waals surface area (Å²) in [6.45, 7) is 0. The minimum atomic E-state index is -0.496. The summed E-state index contributed by atoms with van der Waals surface area (Å²) in [5.41, 5.74) is 17.7. The maximum atomic E-state index is 2.46. The Morgan fingerprint density at radius 2 is 0.667 bits per heavy atom. The fourth-order valence-electron chi connectivity index (χ4n) is 9.74. The number of hydrogen-bond donors (Lipinski definition) is 0. The molecule has 0 amide bonds. The molecule has 282 valence electrons. The molecule has 60 heavy (non-hydrogen) atoms. The molecule has 0 unspecified atom stereocenters. The second-order valence-corrected chi connectivity index (χ2v) is 15.6. The van der Waals surface area contributed by atoms with Gasteiger partial charge in [0.05, 0.1) is 11.1 Å². The van der Waals surface area contributed by atoms with Crippen LogP contribution in [-0.4, -0.2) is 0 Å². The third-order valence-corrected chi connectivity index (χ3v) is 12.4. The maximum Gasteiger partial charge on any atom is 0.0714 e. The molecule has 0 N–H and O–H groups in total. The van der Waals surface area contributed by atoms with Crippen molar-refractivity contribution in [2.75, 3.05) is 4.90 Å². The minimum absolute atomic E-state index is 0.496. The molecule has 10 aromatic carbocycles. The van der Waals surface area contributed by atoms with Crippen LogP contribution < -0.4 is 4.90 Å². The van der Waals surface area contributed by atoms with Crippen LogP contribution in [0.25, 0.3) is 55.3 Å². The van der Waals surface area contributed by atoms with Gasteiger partial charge in [0, 0.05) is 16.9 Å². The van der Waals surface area contributed by atoms with E-state index in [0.717, 1.165) is 17.1 Å². The van der Waals surface area contributed by atoms with Gasteiger partial charge < -0.3 is 4.90 Å². The van der Waals surface area contributed by atoms with E-state index in [-0.39, 0.29) is 0 Å². The number of anilines is 3. The van der Waals surface area contributed by atoms with Crippen molar-refractivity contribution in [1.82, 2.24) is 0 Å². The first-order valence-electron chi connectivity index (χ1n) is 20.8. The summed E-state index contributed by atoms with van der Waals surface area (Å²) in [5.74, 6) is 0. The molecule has 0 radical (unpaired) electrons. The molecule has 1 nitrogen and oxygen atoms in total. The first-order chi connectivity index (χ1) is 29.8. The van der Waals surface area contributed by atoms with Gasteiger partial charge in [-0.05, 0) is 102 Å². The zero-order valence-corrected chi connectivity index (χ0v) is 33.1. The van der Waals surface area contributed by atoms with Crippen LogP contribution in [0.3, 0.4) is 0 Å². The van der Waals surface area contributed by atoms with Crippen molar-refractivity contribution < 1.29 is 0 Å². The van der Waals surface area contributed by atoms with Gasteiger partial charge in [0.2, 0.25) is 0 Å². The molecule has 11 rings (SSSR count). The van der Waals surface area contributed by atoms with Crippen LogP contribution in [0.5, 0.6) is 0 Å². The van der Waals surface area contributed by atoms with Crippen LogP contribution in [-0.2, 0) is 5.41 Å². The number of rotatable bonds is 8. The molecule has 0 atom stereocenters. The van der Waals surface area contributed by atoms with E-state index in [1.165, 1.54) is 77.5 Å². The predicted octanol–water partition coefficient (Wildman–Crippen LogP) is 15.7. The molecule has 0 spiro atoms. The van der Waals surface area contributed by atoms with Crippen LogP contribution in [0.4, 0.5) is 17.1 Å². The van der Waals surface area contributed by atoms with Gasteiger partial charge in [-0.25, -0.2) is 0 Å². The lowest BCUT2D eigenvalue weighted by Gasteiger charge is -2.34. The Morgan fingerprint density at radius 3 is 1.23 bits per heavy atom. The number of hydrogen-bond acceptors (Lipinski definition) is 1. The molecule has 0 aromatic heterocycles. The lowest BCUT2D eigenvalue weighted by Crippen LogP contribution is -2.28. The molecule has 0 saturated heterocycles. The lowest BCUT2D eigenvalue weighted by atomic mass is 9.68. The van der Waals surface area contributed by atoms with E-state index >= 15 is 0 Å². The maximum absolute atomic E-state index is 2.46. The van der Waals surface area contributed by atoms with E-state index in [1.54, 1.807) is 0 Å². The Hall–Kier alpha value is -7.74. The average Bonchev–Trinajstić information content (AvgIpc) is 3.64. The molecule has 1 aliphatic rings. The van der Waals surface area contributed by atoms with Crippen molar-refractivity contribution in [2.24, 2.45) is 0 Å². The largest absolute Gasteiger partial charge is 0.310 e. The van der Waals surface area contributed by atoms with E-state index in [4.69, 9.17) is 0 Å². The lowest BCUT2D eigenvalue weighted by molar-refractivity contribution is 0.768. The summed E-state index contributed by atoms with van der Waals surface area (Å²) in [7, 11) is 0. The van der Waals surface area contributed by atoms with E-state index in [2.05, 4.69) is 254 Å². The van der Waals surface area contributed by atoms with Gasteiger partial charge in [0.25, 0.3) is 0 Å². The zero-order valence-electron chi connectivity index (χ0n) is 33.1. The molecule has 0 fully saturated rings. The number of fused-ring (bicyclic) bond motifs is 4. The zero-order chi connectivity index (χ0) is 39.9. The van der Waals surface area contributed by atoms with Gasteiger partial charge in [-0.2, -0.15) is 0 Å². The van der Waals surface area contributed by atoms with Gasteiger partial charge in [0.15, 0.2) is 0 Å². The summed E-state index contributed by atoms with van der Waals surface area (Å²) >= 11 is 0. The summed E-state index contributed by atoms with van der Waals surface area (Å²) < 4.78 is 0. The SMILES string of the molecule is c1ccc(-c2ccc(N(c3ccc(-c4cccc5c(-c6ccccc6)cccc45)cc3)c3cccc4c3-c3ccccc3C4(c3ccccc3)c3ccccc3)cc2)cc1. The van der Waals surface area contributed by atoms with Crippen LogP contribution in [0, 0.1) is 0 Å². The van der Waals surface area contributed by atoms with Gasteiger partial charge >= 0.3 is 0 Å². The van der Waals surface area contributed by atoms with Gasteiger partial charge in [-0.3, -0.25) is 0 Å². The van der Waals surface area contributed by atoms with Crippen molar-refractivity contribution in [3.05, 3.63) is 271 Å². The Balaban J connectivity index is 1.11. The van der Waals surface area contributed by atoms with Gasteiger partial charge in [-0.15, -0.1) is 0 Å². The standard InChI is InChI=1S/C59H41N/c1-5-18-42(19-6-1)43-34-38-48(39-35-43)60(49-40-36-45(37-41-49)51-28-16-29-52-50(27-15-30-53(51)52)44-20-7-2-8-21-44)57-33-17-32-56-58(57)54-26-13-14-31-55(54)59(56,46-22-9-3-10-23-46)47-24-11-4-12-25-47/h1-41H. The second kappa shape index (κ2) is 14.9. The quantitative estimate of drug-likeness (QED) is 0.149. The third-order valence-electron chi connectivity index (χ3n) is 12.4. The third kappa shape index (κ3) is 5.78. The Kier molecular flexibility index (Phi) is 8.79. The van der Waals surface area contributed by atoms with E-state index < -0.39 is 5.41 Å². The average molecular weight is 764 g/mol. The first-order valence-corrected chi connectivity index (χ1v) is 20.8. The topological polar surface area (TPSA) is 3.24 Å². The fraction of sp³-hybridized carbons (Fsp3) is 0.0169. The highest BCUT2D eigenvalue weighted by atomic mass is 15.1. The molecule has 0 heterocycles.